The zero-order valence-corrected chi connectivity index (χ0v) is 20.2. The van der Waals surface area contributed by atoms with Crippen LogP contribution in [0, 0.1) is 5.92 Å². The summed E-state index contributed by atoms with van der Waals surface area (Å²) in [6, 6.07) is 7.95. The summed E-state index contributed by atoms with van der Waals surface area (Å²) < 4.78 is 12.2. The first-order chi connectivity index (χ1) is 12.2. The van der Waals surface area contributed by atoms with Gasteiger partial charge >= 0.3 is 0 Å². The molecular formula is C18H29BrIN3O2S. The van der Waals surface area contributed by atoms with Gasteiger partial charge in [-0.3, -0.25) is 4.99 Å². The number of rotatable bonds is 9. The van der Waals surface area contributed by atoms with E-state index >= 15 is 0 Å². The summed E-state index contributed by atoms with van der Waals surface area (Å²) in [5, 5.41) is 3.43. The standard InChI is InChI=1S/C18H28BrN3O2S.HI/c1-20-18(22(2)13-15-6-8-23-14-15)21-7-10-25-11-9-24-17-5-3-4-16(19)12-17;/h3-5,12,15H,6-11,13-14H2,1-2H3,(H,20,21);1H. The summed E-state index contributed by atoms with van der Waals surface area (Å²) in [4.78, 5) is 6.56. The van der Waals surface area contributed by atoms with E-state index in [2.05, 4.69) is 38.2 Å². The van der Waals surface area contributed by atoms with Crippen molar-refractivity contribution in [2.75, 3.05) is 58.5 Å². The average molecular weight is 558 g/mol. The molecule has 1 aromatic carbocycles. The normalized spacial score (nSPS) is 16.9. The molecule has 1 aromatic rings. The molecule has 5 nitrogen and oxygen atoms in total. The van der Waals surface area contributed by atoms with Crippen LogP contribution in [0.25, 0.3) is 0 Å². The number of hydrogen-bond donors (Lipinski definition) is 1. The van der Waals surface area contributed by atoms with Crippen molar-refractivity contribution in [3.05, 3.63) is 28.7 Å². The van der Waals surface area contributed by atoms with E-state index in [9.17, 15) is 0 Å². The zero-order chi connectivity index (χ0) is 17.9. The number of nitrogens with zero attached hydrogens (tertiary/aromatic N) is 2. The van der Waals surface area contributed by atoms with Crippen molar-refractivity contribution >= 4 is 57.6 Å². The first-order valence-corrected chi connectivity index (χ1v) is 10.6. The number of thioether (sulfide) groups is 1. The van der Waals surface area contributed by atoms with Crippen molar-refractivity contribution in [1.82, 2.24) is 10.2 Å². The molecule has 1 aliphatic rings. The Morgan fingerprint density at radius 2 is 2.31 bits per heavy atom. The lowest BCUT2D eigenvalue weighted by molar-refractivity contribution is 0.181. The zero-order valence-electron chi connectivity index (χ0n) is 15.4. The number of ether oxygens (including phenoxy) is 2. The van der Waals surface area contributed by atoms with E-state index in [1.165, 1.54) is 0 Å². The second-order valence-electron chi connectivity index (χ2n) is 6.00. The van der Waals surface area contributed by atoms with Crippen LogP contribution in [0.5, 0.6) is 5.75 Å². The molecule has 2 rings (SSSR count). The Hall–Kier alpha value is -0.190. The molecule has 148 valence electrons. The van der Waals surface area contributed by atoms with Crippen molar-refractivity contribution in [2.45, 2.75) is 6.42 Å². The summed E-state index contributed by atoms with van der Waals surface area (Å²) in [6.07, 6.45) is 1.15. The Balaban J connectivity index is 0.00000338. The van der Waals surface area contributed by atoms with E-state index in [1.807, 2.05) is 43.1 Å². The van der Waals surface area contributed by atoms with Crippen LogP contribution >= 0.6 is 51.7 Å². The maximum absolute atomic E-state index is 5.73. The topological polar surface area (TPSA) is 46.1 Å². The number of halogens is 2. The van der Waals surface area contributed by atoms with E-state index in [4.69, 9.17) is 9.47 Å². The van der Waals surface area contributed by atoms with E-state index < -0.39 is 0 Å². The molecule has 0 aromatic heterocycles. The molecule has 1 saturated heterocycles. The summed E-state index contributed by atoms with van der Waals surface area (Å²) in [7, 11) is 3.93. The van der Waals surface area contributed by atoms with Crippen LogP contribution in [0.4, 0.5) is 0 Å². The van der Waals surface area contributed by atoms with Gasteiger partial charge in [0.25, 0.3) is 0 Å². The molecule has 0 radical (unpaired) electrons. The van der Waals surface area contributed by atoms with Crippen molar-refractivity contribution in [3.63, 3.8) is 0 Å². The third-order valence-electron chi connectivity index (χ3n) is 3.95. The number of hydrogen-bond acceptors (Lipinski definition) is 4. The fraction of sp³-hybridized carbons (Fsp3) is 0.611. The Morgan fingerprint density at radius 3 is 3.00 bits per heavy atom. The second-order valence-corrected chi connectivity index (χ2v) is 8.14. The lowest BCUT2D eigenvalue weighted by Crippen LogP contribution is -2.42. The monoisotopic (exact) mass is 557 g/mol. The SMILES string of the molecule is CN=C(NCCSCCOc1cccc(Br)c1)N(C)CC1CCOC1.I. The fourth-order valence-electron chi connectivity index (χ4n) is 2.70. The van der Waals surface area contributed by atoms with Crippen LogP contribution < -0.4 is 10.1 Å². The van der Waals surface area contributed by atoms with Crippen LogP contribution in [0.3, 0.4) is 0 Å². The third kappa shape index (κ3) is 9.14. The van der Waals surface area contributed by atoms with Gasteiger partial charge in [0.05, 0.1) is 13.2 Å². The van der Waals surface area contributed by atoms with Gasteiger partial charge in [0.2, 0.25) is 0 Å². The maximum Gasteiger partial charge on any atom is 0.193 e. The van der Waals surface area contributed by atoms with Crippen molar-refractivity contribution < 1.29 is 9.47 Å². The fourth-order valence-corrected chi connectivity index (χ4v) is 3.73. The smallest absolute Gasteiger partial charge is 0.193 e. The predicted molar refractivity (Wildman–Crippen MR) is 125 cm³/mol. The summed E-state index contributed by atoms with van der Waals surface area (Å²) in [6.45, 7) is 4.38. The lowest BCUT2D eigenvalue weighted by atomic mass is 10.1. The molecule has 1 fully saturated rings. The highest BCUT2D eigenvalue weighted by molar-refractivity contribution is 14.0. The van der Waals surface area contributed by atoms with Crippen LogP contribution in [0.1, 0.15) is 6.42 Å². The van der Waals surface area contributed by atoms with E-state index in [0.717, 1.165) is 67.0 Å². The number of aliphatic imine (C=N–C) groups is 1. The molecule has 26 heavy (non-hydrogen) atoms. The molecule has 0 aliphatic carbocycles. The Morgan fingerprint density at radius 1 is 1.46 bits per heavy atom. The van der Waals surface area contributed by atoms with E-state index in [0.29, 0.717) is 5.92 Å². The minimum absolute atomic E-state index is 0. The molecule has 8 heteroatoms. The molecule has 1 N–H and O–H groups in total. The molecule has 1 unspecified atom stereocenters. The first kappa shape index (κ1) is 23.8. The van der Waals surface area contributed by atoms with Gasteiger partial charge in [-0.05, 0) is 24.6 Å². The molecule has 0 spiro atoms. The molecule has 0 saturated carbocycles. The van der Waals surface area contributed by atoms with Gasteiger partial charge in [-0.1, -0.05) is 22.0 Å². The number of benzene rings is 1. The molecular weight excluding hydrogens is 529 g/mol. The Labute approximate surface area is 186 Å². The second kappa shape index (κ2) is 13.9. The molecule has 0 amide bonds. The van der Waals surface area contributed by atoms with E-state index in [-0.39, 0.29) is 24.0 Å². The first-order valence-electron chi connectivity index (χ1n) is 8.64. The van der Waals surface area contributed by atoms with Gasteiger partial charge in [0.1, 0.15) is 5.75 Å². The van der Waals surface area contributed by atoms with Crippen LogP contribution in [0.15, 0.2) is 33.7 Å². The van der Waals surface area contributed by atoms with Crippen LogP contribution in [0.2, 0.25) is 0 Å². The third-order valence-corrected chi connectivity index (χ3v) is 5.39. The van der Waals surface area contributed by atoms with Gasteiger partial charge in [-0.15, -0.1) is 24.0 Å². The summed E-state index contributed by atoms with van der Waals surface area (Å²) in [5.41, 5.74) is 0. The molecule has 0 bridgehead atoms. The van der Waals surface area contributed by atoms with Crippen molar-refractivity contribution in [2.24, 2.45) is 10.9 Å². The molecule has 1 heterocycles. The summed E-state index contributed by atoms with van der Waals surface area (Å²) in [5.74, 6) is 4.49. The Kier molecular flexibility index (Phi) is 12.8. The quantitative estimate of drug-likeness (QED) is 0.217. The lowest BCUT2D eigenvalue weighted by Gasteiger charge is -2.24. The maximum atomic E-state index is 5.73. The van der Waals surface area contributed by atoms with Gasteiger partial charge in [0, 0.05) is 55.7 Å². The van der Waals surface area contributed by atoms with Crippen molar-refractivity contribution in [1.29, 1.82) is 0 Å². The van der Waals surface area contributed by atoms with Crippen molar-refractivity contribution in [3.8, 4) is 5.75 Å². The number of guanidine groups is 1. The predicted octanol–water partition coefficient (Wildman–Crippen LogP) is 3.72. The van der Waals surface area contributed by atoms with Gasteiger partial charge in [0.15, 0.2) is 5.96 Å². The van der Waals surface area contributed by atoms with E-state index in [1.54, 1.807) is 0 Å². The number of nitrogens with one attached hydrogen (secondary N) is 1. The van der Waals surface area contributed by atoms with Gasteiger partial charge in [-0.25, -0.2) is 0 Å². The van der Waals surface area contributed by atoms with Crippen LogP contribution in [-0.4, -0.2) is 69.4 Å². The van der Waals surface area contributed by atoms with Crippen LogP contribution in [-0.2, 0) is 4.74 Å². The highest BCUT2D eigenvalue weighted by Gasteiger charge is 2.18. The highest BCUT2D eigenvalue weighted by Crippen LogP contribution is 2.18. The average Bonchev–Trinajstić information content (AvgIpc) is 3.10. The minimum atomic E-state index is 0. The molecule has 1 aliphatic heterocycles. The summed E-state index contributed by atoms with van der Waals surface area (Å²) >= 11 is 5.33. The Bertz CT molecular complexity index is 545. The van der Waals surface area contributed by atoms with Gasteiger partial charge < -0.3 is 19.7 Å². The van der Waals surface area contributed by atoms with Gasteiger partial charge in [-0.2, -0.15) is 11.8 Å². The minimum Gasteiger partial charge on any atom is -0.493 e. The molecule has 1 atom stereocenters. The highest BCUT2D eigenvalue weighted by atomic mass is 127. The largest absolute Gasteiger partial charge is 0.493 e.